The molecule has 3 rings (SSSR count). The number of fused-ring (bicyclic) bond motifs is 1. The van der Waals surface area contributed by atoms with Gasteiger partial charge in [-0.15, -0.1) is 0 Å². The van der Waals surface area contributed by atoms with E-state index in [2.05, 4.69) is 11.2 Å². The van der Waals surface area contributed by atoms with Gasteiger partial charge in [0.2, 0.25) is 0 Å². The van der Waals surface area contributed by atoms with Crippen molar-refractivity contribution in [3.8, 4) is 17.2 Å². The van der Waals surface area contributed by atoms with E-state index in [1.807, 2.05) is 29.6 Å². The molecule has 0 unspecified atom stereocenters. The third-order valence-electron chi connectivity index (χ3n) is 4.27. The van der Waals surface area contributed by atoms with Gasteiger partial charge in [0.05, 0.1) is 35.2 Å². The van der Waals surface area contributed by atoms with Gasteiger partial charge in [-0.25, -0.2) is 12.9 Å². The standard InChI is InChI=1S/C19H19N3O3S/c1-3-15-7-8-18-19(14-6-4-5-13(9-14)10-20)16(12-26(23)24)17(11-25-2)21-22(15)18/h4-9,26H,3,11-12H2,1-2H3. The van der Waals surface area contributed by atoms with Crippen molar-refractivity contribution in [1.82, 2.24) is 9.61 Å². The van der Waals surface area contributed by atoms with Crippen LogP contribution in [0, 0.1) is 11.3 Å². The van der Waals surface area contributed by atoms with E-state index in [-0.39, 0.29) is 12.4 Å². The molecule has 2 aromatic heterocycles. The Labute approximate surface area is 153 Å². The van der Waals surface area contributed by atoms with Gasteiger partial charge in [-0.2, -0.15) is 10.4 Å². The third-order valence-corrected chi connectivity index (χ3v) is 4.85. The summed E-state index contributed by atoms with van der Waals surface area (Å²) < 4.78 is 30.2. The van der Waals surface area contributed by atoms with E-state index in [1.165, 1.54) is 0 Å². The Morgan fingerprint density at radius 3 is 2.73 bits per heavy atom. The maximum atomic E-state index is 11.5. The molecule has 0 aliphatic rings. The Kier molecular flexibility index (Phi) is 5.35. The lowest BCUT2D eigenvalue weighted by atomic mass is 9.98. The van der Waals surface area contributed by atoms with Gasteiger partial charge < -0.3 is 4.74 Å². The molecule has 0 N–H and O–H groups in total. The zero-order chi connectivity index (χ0) is 18.7. The molecule has 0 radical (unpaired) electrons. The van der Waals surface area contributed by atoms with Crippen LogP contribution in [-0.2, 0) is 34.2 Å². The fourth-order valence-corrected chi connectivity index (χ4v) is 3.74. The number of nitriles is 1. The summed E-state index contributed by atoms with van der Waals surface area (Å²) in [4.78, 5) is 0. The molecule has 0 amide bonds. The van der Waals surface area contributed by atoms with Crippen LogP contribution in [0.15, 0.2) is 36.4 Å². The van der Waals surface area contributed by atoms with Gasteiger partial charge in [-0.3, -0.25) is 0 Å². The number of aryl methyl sites for hydroxylation is 1. The molecule has 0 spiro atoms. The third kappa shape index (κ3) is 3.34. The van der Waals surface area contributed by atoms with Crippen LogP contribution in [0.2, 0.25) is 0 Å². The molecule has 3 aromatic rings. The van der Waals surface area contributed by atoms with Crippen molar-refractivity contribution in [2.24, 2.45) is 0 Å². The second-order valence-corrected chi connectivity index (χ2v) is 6.87. The van der Waals surface area contributed by atoms with Gasteiger partial charge in [-0.05, 0) is 36.2 Å². The number of thiol groups is 1. The highest BCUT2D eigenvalue weighted by atomic mass is 32.2. The second-order valence-electron chi connectivity index (χ2n) is 5.89. The van der Waals surface area contributed by atoms with Crippen molar-refractivity contribution < 1.29 is 13.2 Å². The topological polar surface area (TPSA) is 84.5 Å². The minimum Gasteiger partial charge on any atom is -0.378 e. The molecule has 1 aromatic carbocycles. The molecule has 0 saturated heterocycles. The number of rotatable bonds is 6. The first-order valence-corrected chi connectivity index (χ1v) is 9.59. The maximum Gasteiger partial charge on any atom is 0.144 e. The summed E-state index contributed by atoms with van der Waals surface area (Å²) in [6.45, 7) is 2.25. The molecule has 26 heavy (non-hydrogen) atoms. The normalized spacial score (nSPS) is 11.2. The molecule has 2 heterocycles. The quantitative estimate of drug-likeness (QED) is 0.675. The van der Waals surface area contributed by atoms with E-state index in [9.17, 15) is 13.7 Å². The summed E-state index contributed by atoms with van der Waals surface area (Å²) >= 11 is 0. The number of aromatic nitrogens is 2. The smallest absolute Gasteiger partial charge is 0.144 e. The van der Waals surface area contributed by atoms with Gasteiger partial charge in [0.15, 0.2) is 0 Å². The molecule has 0 atom stereocenters. The first-order valence-electron chi connectivity index (χ1n) is 8.22. The number of hydrogen-bond acceptors (Lipinski definition) is 5. The zero-order valence-electron chi connectivity index (χ0n) is 14.6. The van der Waals surface area contributed by atoms with Crippen LogP contribution in [0.1, 0.15) is 29.4 Å². The van der Waals surface area contributed by atoms with E-state index in [0.717, 1.165) is 28.8 Å². The fourth-order valence-electron chi connectivity index (χ4n) is 3.14. The zero-order valence-corrected chi connectivity index (χ0v) is 15.5. The number of ether oxygens (including phenoxy) is 1. The SMILES string of the molecule is CCc1ccc2c(-c3cccc(C#N)c3)c(C[SH](=O)=O)c(COC)nn12. The van der Waals surface area contributed by atoms with Crippen LogP contribution in [0.4, 0.5) is 0 Å². The largest absolute Gasteiger partial charge is 0.378 e. The predicted octanol–water partition coefficient (Wildman–Crippen LogP) is 2.69. The highest BCUT2D eigenvalue weighted by molar-refractivity contribution is 7.71. The summed E-state index contributed by atoms with van der Waals surface area (Å²) in [6, 6.07) is 13.2. The maximum absolute atomic E-state index is 11.5. The van der Waals surface area contributed by atoms with E-state index in [0.29, 0.717) is 16.8 Å². The summed E-state index contributed by atoms with van der Waals surface area (Å²) in [5.74, 6) is -0.129. The average Bonchev–Trinajstić information content (AvgIpc) is 3.04. The molecule has 134 valence electrons. The second kappa shape index (κ2) is 7.68. The molecule has 0 fully saturated rings. The lowest BCUT2D eigenvalue weighted by Gasteiger charge is -2.16. The Morgan fingerprint density at radius 2 is 2.08 bits per heavy atom. The fraction of sp³-hybridized carbons (Fsp3) is 0.263. The molecule has 7 heteroatoms. The Hall–Kier alpha value is -2.69. The van der Waals surface area contributed by atoms with Crippen molar-refractivity contribution in [2.75, 3.05) is 7.11 Å². The molecule has 6 nitrogen and oxygen atoms in total. The summed E-state index contributed by atoms with van der Waals surface area (Å²) in [5, 5.41) is 13.9. The van der Waals surface area contributed by atoms with E-state index >= 15 is 0 Å². The van der Waals surface area contributed by atoms with E-state index in [1.54, 1.807) is 25.3 Å². The lowest BCUT2D eigenvalue weighted by Crippen LogP contribution is -2.10. The molecule has 0 bridgehead atoms. The van der Waals surface area contributed by atoms with Crippen LogP contribution >= 0.6 is 0 Å². The highest BCUT2D eigenvalue weighted by Crippen LogP contribution is 2.32. The summed E-state index contributed by atoms with van der Waals surface area (Å²) in [5.41, 5.74) is 5.14. The Bertz CT molecular complexity index is 1070. The summed E-state index contributed by atoms with van der Waals surface area (Å²) in [7, 11) is -1.09. The number of nitrogens with zero attached hydrogens (tertiary/aromatic N) is 3. The number of benzene rings is 1. The van der Waals surface area contributed by atoms with E-state index in [4.69, 9.17) is 4.74 Å². The van der Waals surface area contributed by atoms with Gasteiger partial charge in [0, 0.05) is 23.9 Å². The number of methoxy groups -OCH3 is 1. The van der Waals surface area contributed by atoms with Crippen molar-refractivity contribution >= 4 is 16.2 Å². The monoisotopic (exact) mass is 369 g/mol. The van der Waals surface area contributed by atoms with Gasteiger partial charge in [-0.1, -0.05) is 19.1 Å². The highest BCUT2D eigenvalue weighted by Gasteiger charge is 2.19. The van der Waals surface area contributed by atoms with Gasteiger partial charge in [0.1, 0.15) is 10.7 Å². The van der Waals surface area contributed by atoms with Crippen molar-refractivity contribution in [2.45, 2.75) is 25.7 Å². The minimum absolute atomic E-state index is 0.129. The Balaban J connectivity index is 2.42. The molecule has 0 saturated carbocycles. The van der Waals surface area contributed by atoms with Gasteiger partial charge in [0.25, 0.3) is 0 Å². The van der Waals surface area contributed by atoms with Crippen LogP contribution in [0.3, 0.4) is 0 Å². The minimum atomic E-state index is -2.64. The molecule has 0 aliphatic heterocycles. The van der Waals surface area contributed by atoms with Crippen LogP contribution in [0.5, 0.6) is 0 Å². The van der Waals surface area contributed by atoms with Crippen LogP contribution < -0.4 is 0 Å². The molecular weight excluding hydrogens is 350 g/mol. The molecule has 0 aliphatic carbocycles. The predicted molar refractivity (Wildman–Crippen MR) is 99.5 cm³/mol. The number of hydrogen-bond donors (Lipinski definition) is 1. The average molecular weight is 369 g/mol. The van der Waals surface area contributed by atoms with Crippen LogP contribution in [0.25, 0.3) is 16.6 Å². The van der Waals surface area contributed by atoms with Crippen LogP contribution in [-0.4, -0.2) is 25.1 Å². The van der Waals surface area contributed by atoms with Crippen molar-refractivity contribution in [3.63, 3.8) is 0 Å². The molecular formula is C19H19N3O3S. The van der Waals surface area contributed by atoms with Crippen molar-refractivity contribution in [1.29, 1.82) is 5.26 Å². The summed E-state index contributed by atoms with van der Waals surface area (Å²) in [6.07, 6.45) is 0.792. The van der Waals surface area contributed by atoms with Gasteiger partial charge >= 0.3 is 0 Å². The van der Waals surface area contributed by atoms with E-state index < -0.39 is 10.7 Å². The first kappa shape index (κ1) is 18.1. The first-order chi connectivity index (χ1) is 12.6. The van der Waals surface area contributed by atoms with Crippen molar-refractivity contribution in [3.05, 3.63) is 58.9 Å². The lowest BCUT2D eigenvalue weighted by molar-refractivity contribution is 0.179. The Morgan fingerprint density at radius 1 is 1.27 bits per heavy atom.